The fourth-order valence-corrected chi connectivity index (χ4v) is 3.99. The van der Waals surface area contributed by atoms with E-state index in [1.807, 2.05) is 30.3 Å². The average molecular weight is 350 g/mol. The predicted octanol–water partition coefficient (Wildman–Crippen LogP) is 3.62. The lowest BCUT2D eigenvalue weighted by Crippen LogP contribution is -2.25. The van der Waals surface area contributed by atoms with Crippen LogP contribution >= 0.6 is 11.3 Å². The first kappa shape index (κ1) is 15.4. The highest BCUT2D eigenvalue weighted by Gasteiger charge is 2.34. The summed E-state index contributed by atoms with van der Waals surface area (Å²) in [4.78, 5) is 12.8. The van der Waals surface area contributed by atoms with Gasteiger partial charge in [-0.2, -0.15) is 5.26 Å². The Labute approximate surface area is 146 Å². The minimum atomic E-state index is -0.678. The Hall–Kier alpha value is -3.17. The summed E-state index contributed by atoms with van der Waals surface area (Å²) in [6.07, 6.45) is 0. The molecule has 122 valence electrons. The number of nitriles is 1. The molecular formula is C19H11FN2O2S. The van der Waals surface area contributed by atoms with Gasteiger partial charge in [-0.1, -0.05) is 35.6 Å². The minimum Gasteiger partial charge on any atom is -0.439 e. The monoisotopic (exact) mass is 350 g/mol. The summed E-state index contributed by atoms with van der Waals surface area (Å²) >= 11 is 1.09. The Bertz CT molecular complexity index is 1130. The maximum Gasteiger partial charge on any atom is 0.240 e. The molecule has 1 aliphatic rings. The lowest BCUT2D eigenvalue weighted by Gasteiger charge is -2.26. The fraction of sp³-hybridized carbons (Fsp3) is 0.0526. The van der Waals surface area contributed by atoms with Gasteiger partial charge in [0.1, 0.15) is 23.2 Å². The van der Waals surface area contributed by atoms with Crippen LogP contribution in [0, 0.1) is 17.1 Å². The van der Waals surface area contributed by atoms with E-state index in [0.29, 0.717) is 16.9 Å². The summed E-state index contributed by atoms with van der Waals surface area (Å²) in [6.45, 7) is 0. The van der Waals surface area contributed by atoms with Gasteiger partial charge in [0.05, 0.1) is 11.5 Å². The zero-order valence-corrected chi connectivity index (χ0v) is 13.6. The van der Waals surface area contributed by atoms with Gasteiger partial charge in [0, 0.05) is 10.1 Å². The molecule has 0 saturated carbocycles. The number of halogens is 1. The van der Waals surface area contributed by atoms with Gasteiger partial charge in [-0.3, -0.25) is 4.79 Å². The summed E-state index contributed by atoms with van der Waals surface area (Å²) in [5.74, 6) is -0.742. The topological polar surface area (TPSA) is 76.1 Å². The van der Waals surface area contributed by atoms with Crippen molar-refractivity contribution in [1.29, 1.82) is 5.26 Å². The molecule has 0 amide bonds. The van der Waals surface area contributed by atoms with Crippen LogP contribution in [-0.2, 0) is 0 Å². The van der Waals surface area contributed by atoms with Crippen molar-refractivity contribution in [1.82, 2.24) is 0 Å². The van der Waals surface area contributed by atoms with Crippen molar-refractivity contribution in [3.63, 3.8) is 0 Å². The average Bonchev–Trinajstić information content (AvgIpc) is 2.61. The summed E-state index contributed by atoms with van der Waals surface area (Å²) < 4.78 is 19.5. The SMILES string of the molecule is N#CC1=C(N)Oc2c(c(=O)sc3ccccc23)C1c1ccc(F)cc1. The van der Waals surface area contributed by atoms with E-state index < -0.39 is 11.7 Å². The van der Waals surface area contributed by atoms with E-state index >= 15 is 0 Å². The Morgan fingerprint density at radius 3 is 2.60 bits per heavy atom. The first-order valence-electron chi connectivity index (χ1n) is 7.49. The number of rotatable bonds is 1. The van der Waals surface area contributed by atoms with Crippen molar-refractivity contribution in [2.24, 2.45) is 5.73 Å². The van der Waals surface area contributed by atoms with Gasteiger partial charge in [-0.05, 0) is 29.8 Å². The lowest BCUT2D eigenvalue weighted by atomic mass is 9.84. The predicted molar refractivity (Wildman–Crippen MR) is 93.8 cm³/mol. The molecule has 0 bridgehead atoms. The van der Waals surface area contributed by atoms with Crippen LogP contribution in [0.25, 0.3) is 10.1 Å². The molecule has 1 aliphatic heterocycles. The molecule has 1 atom stereocenters. The molecule has 1 unspecified atom stereocenters. The molecule has 0 aliphatic carbocycles. The third-order valence-corrected chi connectivity index (χ3v) is 5.16. The van der Waals surface area contributed by atoms with E-state index in [4.69, 9.17) is 10.5 Å². The van der Waals surface area contributed by atoms with Crippen LogP contribution in [0.1, 0.15) is 17.0 Å². The Morgan fingerprint density at radius 1 is 1.16 bits per heavy atom. The smallest absolute Gasteiger partial charge is 0.240 e. The van der Waals surface area contributed by atoms with Crippen LogP contribution in [0.3, 0.4) is 0 Å². The molecule has 2 N–H and O–H groups in total. The van der Waals surface area contributed by atoms with Gasteiger partial charge < -0.3 is 10.5 Å². The molecule has 0 spiro atoms. The number of ether oxygens (including phenoxy) is 1. The molecular weight excluding hydrogens is 339 g/mol. The van der Waals surface area contributed by atoms with Gasteiger partial charge in [-0.25, -0.2) is 4.39 Å². The van der Waals surface area contributed by atoms with Crippen LogP contribution in [0.2, 0.25) is 0 Å². The van der Waals surface area contributed by atoms with Gasteiger partial charge >= 0.3 is 0 Å². The van der Waals surface area contributed by atoms with Crippen LogP contribution in [-0.4, -0.2) is 0 Å². The molecule has 0 fully saturated rings. The molecule has 6 heteroatoms. The molecule has 0 saturated heterocycles. The molecule has 4 nitrogen and oxygen atoms in total. The van der Waals surface area contributed by atoms with Gasteiger partial charge in [0.25, 0.3) is 0 Å². The third kappa shape index (κ3) is 2.37. The summed E-state index contributed by atoms with van der Waals surface area (Å²) in [5.41, 5.74) is 7.09. The van der Waals surface area contributed by atoms with Gasteiger partial charge in [-0.15, -0.1) is 0 Å². The fourth-order valence-electron chi connectivity index (χ4n) is 3.05. The van der Waals surface area contributed by atoms with Gasteiger partial charge in [0.2, 0.25) is 10.6 Å². The zero-order chi connectivity index (χ0) is 17.6. The standard InChI is InChI=1S/C19H11FN2O2S/c20-11-7-5-10(6-8-11)15-13(9-21)18(22)24-17-12-3-1-2-4-14(12)25-19(23)16(15)17/h1-8,15H,22H2. The van der Waals surface area contributed by atoms with E-state index in [1.54, 1.807) is 12.1 Å². The number of hydrogen-bond donors (Lipinski definition) is 1. The minimum absolute atomic E-state index is 0.0370. The summed E-state index contributed by atoms with van der Waals surface area (Å²) in [5, 5.41) is 10.3. The maximum absolute atomic E-state index is 13.3. The quantitative estimate of drug-likeness (QED) is 0.727. The number of allylic oxidation sites excluding steroid dienone is 1. The molecule has 3 aromatic rings. The Balaban J connectivity index is 2.08. The van der Waals surface area contributed by atoms with Crippen molar-refractivity contribution >= 4 is 21.4 Å². The second-order valence-corrected chi connectivity index (χ2v) is 6.62. The van der Waals surface area contributed by atoms with E-state index in [2.05, 4.69) is 0 Å². The molecule has 25 heavy (non-hydrogen) atoms. The van der Waals surface area contributed by atoms with Crippen molar-refractivity contribution in [2.75, 3.05) is 0 Å². The van der Waals surface area contributed by atoms with Crippen LogP contribution in [0.5, 0.6) is 5.75 Å². The number of benzene rings is 2. The number of hydrogen-bond acceptors (Lipinski definition) is 5. The highest BCUT2D eigenvalue weighted by molar-refractivity contribution is 7.16. The van der Waals surface area contributed by atoms with Crippen molar-refractivity contribution in [2.45, 2.75) is 5.92 Å². The van der Waals surface area contributed by atoms with Crippen molar-refractivity contribution in [3.8, 4) is 11.8 Å². The number of nitrogens with two attached hydrogens (primary N) is 1. The summed E-state index contributed by atoms with van der Waals surface area (Å²) in [6, 6.07) is 15.1. The number of fused-ring (bicyclic) bond motifs is 3. The highest BCUT2D eigenvalue weighted by atomic mass is 32.1. The second-order valence-electron chi connectivity index (χ2n) is 5.60. The molecule has 0 radical (unpaired) electrons. The first-order chi connectivity index (χ1) is 12.1. The van der Waals surface area contributed by atoms with E-state index in [0.717, 1.165) is 21.4 Å². The van der Waals surface area contributed by atoms with E-state index in [1.165, 1.54) is 12.1 Å². The molecule has 2 aromatic carbocycles. The Kier molecular flexibility index (Phi) is 3.52. The third-order valence-electron chi connectivity index (χ3n) is 4.18. The summed E-state index contributed by atoms with van der Waals surface area (Å²) in [7, 11) is 0. The molecule has 4 rings (SSSR count). The zero-order valence-electron chi connectivity index (χ0n) is 12.8. The molecule has 2 heterocycles. The van der Waals surface area contributed by atoms with Crippen LogP contribution in [0.15, 0.2) is 64.8 Å². The normalized spacial score (nSPS) is 16.2. The van der Waals surface area contributed by atoms with E-state index in [-0.39, 0.29) is 16.2 Å². The van der Waals surface area contributed by atoms with Crippen molar-refractivity contribution < 1.29 is 9.13 Å². The lowest BCUT2D eigenvalue weighted by molar-refractivity contribution is 0.398. The largest absolute Gasteiger partial charge is 0.439 e. The Morgan fingerprint density at radius 2 is 1.88 bits per heavy atom. The van der Waals surface area contributed by atoms with Crippen LogP contribution < -0.4 is 15.2 Å². The van der Waals surface area contributed by atoms with E-state index in [9.17, 15) is 14.4 Å². The second kappa shape index (κ2) is 5.72. The number of nitrogens with zero attached hydrogens (tertiary/aromatic N) is 1. The highest BCUT2D eigenvalue weighted by Crippen LogP contribution is 2.44. The van der Waals surface area contributed by atoms with Crippen molar-refractivity contribution in [3.05, 3.63) is 86.5 Å². The molecule has 1 aromatic heterocycles. The maximum atomic E-state index is 13.3. The van der Waals surface area contributed by atoms with Crippen LogP contribution in [0.4, 0.5) is 4.39 Å². The first-order valence-corrected chi connectivity index (χ1v) is 8.30. The van der Waals surface area contributed by atoms with Gasteiger partial charge in [0.15, 0.2) is 0 Å².